The fraction of sp³-hybridized carbons (Fsp3) is 0.429. The summed E-state index contributed by atoms with van der Waals surface area (Å²) >= 11 is 0. The smallest absolute Gasteiger partial charge is 0.253 e. The molecule has 4 N–H and O–H groups in total. The van der Waals surface area contributed by atoms with Gasteiger partial charge in [0, 0.05) is 30.3 Å². The van der Waals surface area contributed by atoms with Crippen LogP contribution in [0.25, 0.3) is 0 Å². The molecule has 0 atom stereocenters. The Morgan fingerprint density at radius 3 is 2.42 bits per heavy atom. The summed E-state index contributed by atoms with van der Waals surface area (Å²) in [5, 5.41) is 0. The monoisotopic (exact) mass is 261 g/mol. The van der Waals surface area contributed by atoms with E-state index in [0.717, 1.165) is 5.56 Å². The van der Waals surface area contributed by atoms with Gasteiger partial charge in [-0.3, -0.25) is 9.59 Å². The Kier molecular flexibility index (Phi) is 3.74. The zero-order chi connectivity index (χ0) is 14.0. The van der Waals surface area contributed by atoms with Gasteiger partial charge in [0.25, 0.3) is 5.91 Å². The fourth-order valence-electron chi connectivity index (χ4n) is 2.32. The minimum atomic E-state index is -0.272. The van der Waals surface area contributed by atoms with Crippen molar-refractivity contribution in [3.8, 4) is 0 Å². The predicted octanol–water partition coefficient (Wildman–Crippen LogP) is 0.915. The van der Waals surface area contributed by atoms with Crippen LogP contribution in [0.5, 0.6) is 0 Å². The van der Waals surface area contributed by atoms with E-state index >= 15 is 0 Å². The van der Waals surface area contributed by atoms with Gasteiger partial charge in [-0.2, -0.15) is 0 Å². The molecule has 0 unspecified atom stereocenters. The topological polar surface area (TPSA) is 89.4 Å². The van der Waals surface area contributed by atoms with E-state index in [4.69, 9.17) is 11.5 Å². The lowest BCUT2D eigenvalue weighted by Gasteiger charge is -2.30. The first-order valence-electron chi connectivity index (χ1n) is 6.43. The van der Waals surface area contributed by atoms with E-state index in [1.54, 1.807) is 17.0 Å². The van der Waals surface area contributed by atoms with Gasteiger partial charge in [-0.25, -0.2) is 0 Å². The van der Waals surface area contributed by atoms with Crippen LogP contribution in [0.2, 0.25) is 0 Å². The van der Waals surface area contributed by atoms with Crippen molar-refractivity contribution in [1.29, 1.82) is 0 Å². The first-order valence-corrected chi connectivity index (χ1v) is 6.43. The van der Waals surface area contributed by atoms with Crippen molar-refractivity contribution >= 4 is 17.5 Å². The van der Waals surface area contributed by atoms with Crippen molar-refractivity contribution in [1.82, 2.24) is 4.90 Å². The number of nitrogens with zero attached hydrogens (tertiary/aromatic N) is 1. The Balaban J connectivity index is 2.05. The first-order chi connectivity index (χ1) is 8.99. The number of carbonyl (C=O) groups is 2. The van der Waals surface area contributed by atoms with Crippen molar-refractivity contribution in [3.05, 3.63) is 29.3 Å². The van der Waals surface area contributed by atoms with E-state index in [1.807, 2.05) is 13.0 Å². The molecule has 1 aromatic carbocycles. The highest BCUT2D eigenvalue weighted by Gasteiger charge is 2.26. The summed E-state index contributed by atoms with van der Waals surface area (Å²) in [4.78, 5) is 25.1. The van der Waals surface area contributed by atoms with Gasteiger partial charge in [0.05, 0.1) is 0 Å². The molecule has 2 amide bonds. The lowest BCUT2D eigenvalue weighted by Crippen LogP contribution is -2.41. The molecule has 5 nitrogen and oxygen atoms in total. The number of likely N-dealkylation sites (tertiary alicyclic amines) is 1. The molecular weight excluding hydrogens is 242 g/mol. The van der Waals surface area contributed by atoms with Gasteiger partial charge in [0.1, 0.15) is 0 Å². The van der Waals surface area contributed by atoms with Gasteiger partial charge < -0.3 is 16.4 Å². The molecule has 1 saturated heterocycles. The number of amides is 2. The van der Waals surface area contributed by atoms with Gasteiger partial charge >= 0.3 is 0 Å². The van der Waals surface area contributed by atoms with E-state index in [-0.39, 0.29) is 17.7 Å². The van der Waals surface area contributed by atoms with Crippen LogP contribution in [-0.4, -0.2) is 29.8 Å². The standard InChI is InChI=1S/C14H19N3O2/c1-9-2-3-11(8-12(9)15)14(19)17-6-4-10(5-7-17)13(16)18/h2-3,8,10H,4-7,15H2,1H3,(H2,16,18). The number of anilines is 1. The fourth-order valence-corrected chi connectivity index (χ4v) is 2.32. The Morgan fingerprint density at radius 1 is 1.26 bits per heavy atom. The summed E-state index contributed by atoms with van der Waals surface area (Å²) in [7, 11) is 0. The number of primary amides is 1. The number of aryl methyl sites for hydroxylation is 1. The summed E-state index contributed by atoms with van der Waals surface area (Å²) in [6, 6.07) is 5.34. The number of nitrogens with two attached hydrogens (primary N) is 2. The van der Waals surface area contributed by atoms with Crippen molar-refractivity contribution in [2.24, 2.45) is 11.7 Å². The van der Waals surface area contributed by atoms with E-state index in [1.165, 1.54) is 0 Å². The number of carbonyl (C=O) groups excluding carboxylic acids is 2. The van der Waals surface area contributed by atoms with Crippen LogP contribution >= 0.6 is 0 Å². The lowest BCUT2D eigenvalue weighted by atomic mass is 9.95. The van der Waals surface area contributed by atoms with Crippen LogP contribution in [-0.2, 0) is 4.79 Å². The molecular formula is C14H19N3O2. The van der Waals surface area contributed by atoms with Gasteiger partial charge in [-0.05, 0) is 37.5 Å². The van der Waals surface area contributed by atoms with Gasteiger partial charge in [0.15, 0.2) is 0 Å². The van der Waals surface area contributed by atoms with Crippen LogP contribution in [0.4, 0.5) is 5.69 Å². The third kappa shape index (κ3) is 2.86. The molecule has 1 aromatic rings. The van der Waals surface area contributed by atoms with Crippen LogP contribution in [0.15, 0.2) is 18.2 Å². The highest BCUT2D eigenvalue weighted by atomic mass is 16.2. The maximum Gasteiger partial charge on any atom is 0.253 e. The number of hydrogen-bond acceptors (Lipinski definition) is 3. The van der Waals surface area contributed by atoms with Gasteiger partial charge in [-0.15, -0.1) is 0 Å². The second-order valence-corrected chi connectivity index (χ2v) is 5.04. The Labute approximate surface area is 112 Å². The first kappa shape index (κ1) is 13.4. The molecule has 0 radical (unpaired) electrons. The van der Waals surface area contributed by atoms with Crippen LogP contribution in [0.1, 0.15) is 28.8 Å². The maximum atomic E-state index is 12.3. The molecule has 102 valence electrons. The molecule has 1 fully saturated rings. The van der Waals surface area contributed by atoms with E-state index < -0.39 is 0 Å². The molecule has 0 aromatic heterocycles. The summed E-state index contributed by atoms with van der Waals surface area (Å²) in [6.45, 7) is 3.04. The number of rotatable bonds is 2. The van der Waals surface area contributed by atoms with Crippen molar-refractivity contribution in [2.45, 2.75) is 19.8 Å². The molecule has 19 heavy (non-hydrogen) atoms. The highest BCUT2D eigenvalue weighted by molar-refractivity contribution is 5.95. The Morgan fingerprint density at radius 2 is 1.89 bits per heavy atom. The van der Waals surface area contributed by atoms with Crippen molar-refractivity contribution < 1.29 is 9.59 Å². The summed E-state index contributed by atoms with van der Waals surface area (Å²) in [5.41, 5.74) is 13.3. The predicted molar refractivity (Wildman–Crippen MR) is 73.4 cm³/mol. The normalized spacial score (nSPS) is 16.4. The molecule has 0 saturated carbocycles. The average molecular weight is 261 g/mol. The van der Waals surface area contributed by atoms with Crippen molar-refractivity contribution in [2.75, 3.05) is 18.8 Å². The minimum absolute atomic E-state index is 0.0328. The largest absolute Gasteiger partial charge is 0.398 e. The SMILES string of the molecule is Cc1ccc(C(=O)N2CCC(C(N)=O)CC2)cc1N. The zero-order valence-electron chi connectivity index (χ0n) is 11.1. The summed E-state index contributed by atoms with van der Waals surface area (Å²) < 4.78 is 0. The van der Waals surface area contributed by atoms with Crippen LogP contribution in [0, 0.1) is 12.8 Å². The van der Waals surface area contributed by atoms with Gasteiger partial charge in [0.2, 0.25) is 5.91 Å². The zero-order valence-corrected chi connectivity index (χ0v) is 11.1. The summed E-state index contributed by atoms with van der Waals surface area (Å²) in [5.74, 6) is -0.409. The number of piperidine rings is 1. The molecule has 0 spiro atoms. The van der Waals surface area contributed by atoms with Gasteiger partial charge in [-0.1, -0.05) is 6.07 Å². The molecule has 2 rings (SSSR count). The van der Waals surface area contributed by atoms with Crippen LogP contribution in [0.3, 0.4) is 0 Å². The molecule has 1 aliphatic rings. The molecule has 0 bridgehead atoms. The highest BCUT2D eigenvalue weighted by Crippen LogP contribution is 2.20. The van der Waals surface area contributed by atoms with E-state index in [2.05, 4.69) is 0 Å². The van der Waals surface area contributed by atoms with Crippen molar-refractivity contribution in [3.63, 3.8) is 0 Å². The number of hydrogen-bond donors (Lipinski definition) is 2. The number of benzene rings is 1. The maximum absolute atomic E-state index is 12.3. The van der Waals surface area contributed by atoms with E-state index in [9.17, 15) is 9.59 Å². The van der Waals surface area contributed by atoms with E-state index in [0.29, 0.717) is 37.2 Å². The molecule has 0 aliphatic carbocycles. The molecule has 1 heterocycles. The Bertz CT molecular complexity index is 505. The van der Waals surface area contributed by atoms with Crippen LogP contribution < -0.4 is 11.5 Å². The number of nitrogen functional groups attached to an aromatic ring is 1. The quantitative estimate of drug-likeness (QED) is 0.775. The minimum Gasteiger partial charge on any atom is -0.398 e. The second-order valence-electron chi connectivity index (χ2n) is 5.04. The summed E-state index contributed by atoms with van der Waals surface area (Å²) in [6.07, 6.45) is 1.28. The second kappa shape index (κ2) is 5.30. The Hall–Kier alpha value is -2.04. The third-order valence-corrected chi connectivity index (χ3v) is 3.71. The molecule has 5 heteroatoms. The average Bonchev–Trinajstić information content (AvgIpc) is 2.41. The lowest BCUT2D eigenvalue weighted by molar-refractivity contribution is -0.123. The molecule has 1 aliphatic heterocycles. The third-order valence-electron chi connectivity index (χ3n) is 3.71.